The van der Waals surface area contributed by atoms with Crippen molar-refractivity contribution in [1.29, 1.82) is 0 Å². The fourth-order valence-electron chi connectivity index (χ4n) is 3.96. The molecule has 0 bridgehead atoms. The Morgan fingerprint density at radius 1 is 0.974 bits per heavy atom. The third-order valence-electron chi connectivity index (χ3n) is 5.99. The largest absolute Gasteiger partial charge is 0.493 e. The highest BCUT2D eigenvalue weighted by Crippen LogP contribution is 2.28. The van der Waals surface area contributed by atoms with Gasteiger partial charge in [-0.2, -0.15) is 4.31 Å². The lowest BCUT2D eigenvalue weighted by molar-refractivity contribution is -0.132. The molecule has 204 valence electrons. The molecule has 38 heavy (non-hydrogen) atoms. The summed E-state index contributed by atoms with van der Waals surface area (Å²) in [6.45, 7) is 4.83. The summed E-state index contributed by atoms with van der Waals surface area (Å²) in [5.41, 5.74) is 1.77. The van der Waals surface area contributed by atoms with E-state index in [2.05, 4.69) is 0 Å². The van der Waals surface area contributed by atoms with E-state index in [4.69, 9.17) is 9.47 Å². The summed E-state index contributed by atoms with van der Waals surface area (Å²) in [6, 6.07) is 19.0. The number of thiophene rings is 1. The molecule has 0 atom stereocenters. The van der Waals surface area contributed by atoms with Crippen molar-refractivity contribution < 1.29 is 22.7 Å². The molecule has 9 heteroatoms. The molecule has 0 N–H and O–H groups in total. The fraction of sp³-hybridized carbons (Fsp3) is 0.345. The first-order valence-electron chi connectivity index (χ1n) is 12.5. The summed E-state index contributed by atoms with van der Waals surface area (Å²) < 4.78 is 38.3. The van der Waals surface area contributed by atoms with E-state index in [9.17, 15) is 13.2 Å². The summed E-state index contributed by atoms with van der Waals surface area (Å²) in [5, 5.41) is 1.18. The normalized spacial score (nSPS) is 11.7. The highest BCUT2D eigenvalue weighted by atomic mass is 32.2. The number of aryl methyl sites for hydroxylation is 1. The Balaban J connectivity index is 1.79. The van der Waals surface area contributed by atoms with Crippen LogP contribution in [-0.2, 0) is 27.8 Å². The van der Waals surface area contributed by atoms with Crippen LogP contribution in [0, 0.1) is 6.92 Å². The number of carbonyl (C=O) groups is 1. The quantitative estimate of drug-likeness (QED) is 0.267. The second kappa shape index (κ2) is 14.1. The molecule has 1 aromatic heterocycles. The predicted molar refractivity (Wildman–Crippen MR) is 154 cm³/mol. The van der Waals surface area contributed by atoms with Crippen molar-refractivity contribution in [3.63, 3.8) is 0 Å². The highest BCUT2D eigenvalue weighted by Gasteiger charge is 2.25. The Kier molecular flexibility index (Phi) is 10.9. The number of rotatable bonds is 14. The topological polar surface area (TPSA) is 76.2 Å². The van der Waals surface area contributed by atoms with Gasteiger partial charge in [0.2, 0.25) is 15.9 Å². The van der Waals surface area contributed by atoms with E-state index >= 15 is 0 Å². The molecule has 1 heterocycles. The number of amides is 1. The number of sulfonamides is 1. The molecule has 0 aliphatic heterocycles. The number of benzene rings is 2. The van der Waals surface area contributed by atoms with E-state index in [1.807, 2.05) is 74.5 Å². The van der Waals surface area contributed by atoms with E-state index in [-0.39, 0.29) is 19.0 Å². The van der Waals surface area contributed by atoms with E-state index in [1.54, 1.807) is 36.5 Å². The van der Waals surface area contributed by atoms with Gasteiger partial charge in [-0.3, -0.25) is 4.79 Å². The summed E-state index contributed by atoms with van der Waals surface area (Å²) in [4.78, 5) is 17.5. The number of ether oxygens (including phenoxy) is 2. The minimum absolute atomic E-state index is 0.217. The molecule has 0 aliphatic carbocycles. The van der Waals surface area contributed by atoms with E-state index in [1.165, 1.54) is 9.71 Å². The van der Waals surface area contributed by atoms with Crippen molar-refractivity contribution in [3.05, 3.63) is 87.0 Å². The Morgan fingerprint density at radius 3 is 2.34 bits per heavy atom. The van der Waals surface area contributed by atoms with Crippen LogP contribution < -0.4 is 9.47 Å². The molecule has 0 aliphatic rings. The van der Waals surface area contributed by atoms with Crippen LogP contribution in [-0.4, -0.2) is 57.4 Å². The number of hydrogen-bond acceptors (Lipinski definition) is 6. The number of hydrogen-bond donors (Lipinski definition) is 0. The molecular formula is C29H36N2O5S2. The maximum Gasteiger partial charge on any atom is 0.238 e. The van der Waals surface area contributed by atoms with Gasteiger partial charge in [0.05, 0.1) is 27.3 Å². The van der Waals surface area contributed by atoms with Crippen LogP contribution in [0.5, 0.6) is 11.5 Å². The van der Waals surface area contributed by atoms with Gasteiger partial charge in [-0.25, -0.2) is 8.42 Å². The highest BCUT2D eigenvalue weighted by molar-refractivity contribution is 7.92. The molecule has 2 aromatic carbocycles. The fourth-order valence-corrected chi connectivity index (χ4v) is 6.10. The van der Waals surface area contributed by atoms with Crippen molar-refractivity contribution in [2.24, 2.45) is 0 Å². The van der Waals surface area contributed by atoms with Crippen molar-refractivity contribution >= 4 is 33.3 Å². The van der Waals surface area contributed by atoms with Crippen LogP contribution in [0.25, 0.3) is 6.08 Å². The molecule has 0 saturated heterocycles. The molecule has 3 rings (SSSR count). The van der Waals surface area contributed by atoms with Crippen molar-refractivity contribution in [2.45, 2.75) is 33.2 Å². The molecule has 1 amide bonds. The maximum atomic E-state index is 13.6. The lowest BCUT2D eigenvalue weighted by atomic mass is 10.1. The van der Waals surface area contributed by atoms with Crippen LogP contribution in [0.3, 0.4) is 0 Å². The summed E-state index contributed by atoms with van der Waals surface area (Å²) in [5.74, 6) is 1.03. The Bertz CT molecular complexity index is 1320. The van der Waals surface area contributed by atoms with Gasteiger partial charge in [0.1, 0.15) is 0 Å². The lowest BCUT2D eigenvalue weighted by Gasteiger charge is -2.26. The first-order valence-corrected chi connectivity index (χ1v) is 14.8. The van der Waals surface area contributed by atoms with Gasteiger partial charge in [0.15, 0.2) is 11.5 Å². The van der Waals surface area contributed by atoms with Gasteiger partial charge in [0.25, 0.3) is 0 Å². The number of nitrogens with zero attached hydrogens (tertiary/aromatic N) is 2. The summed E-state index contributed by atoms with van der Waals surface area (Å²) in [6.07, 6.45) is 2.75. The lowest BCUT2D eigenvalue weighted by Crippen LogP contribution is -2.43. The molecular weight excluding hydrogens is 520 g/mol. The summed E-state index contributed by atoms with van der Waals surface area (Å²) >= 11 is 1.63. The zero-order valence-corrected chi connectivity index (χ0v) is 24.1. The molecule has 0 unspecified atom stereocenters. The molecule has 0 fully saturated rings. The standard InChI is InChI=1S/C29H36N2O5S2/c1-5-17-31(38(33,34)19-16-24-9-7-6-8-10-24)22-29(32)30(21-26-13-11-23(2)37-26)18-15-25-12-14-27(35-3)28(20-25)36-4/h6-14,16,19-20H,5,15,17-18,21-22H2,1-4H3/b19-16+. The Hall–Kier alpha value is -3.14. The molecule has 7 nitrogen and oxygen atoms in total. The third kappa shape index (κ3) is 8.44. The van der Waals surface area contributed by atoms with Crippen molar-refractivity contribution in [1.82, 2.24) is 9.21 Å². The van der Waals surface area contributed by atoms with Gasteiger partial charge < -0.3 is 14.4 Å². The monoisotopic (exact) mass is 556 g/mol. The van der Waals surface area contributed by atoms with Gasteiger partial charge >= 0.3 is 0 Å². The van der Waals surface area contributed by atoms with Crippen molar-refractivity contribution in [2.75, 3.05) is 33.9 Å². The SMILES string of the molecule is CCCN(CC(=O)N(CCc1ccc(OC)c(OC)c1)Cc1ccc(C)s1)S(=O)(=O)/C=C/c1ccccc1. The second-order valence-corrected chi connectivity index (χ2v) is 12.0. The van der Waals surface area contributed by atoms with E-state index < -0.39 is 10.0 Å². The van der Waals surface area contributed by atoms with Gasteiger partial charge in [-0.15, -0.1) is 11.3 Å². The van der Waals surface area contributed by atoms with Gasteiger partial charge in [-0.1, -0.05) is 43.3 Å². The van der Waals surface area contributed by atoms with Crippen LogP contribution in [0.1, 0.15) is 34.2 Å². The van der Waals surface area contributed by atoms with Crippen molar-refractivity contribution in [3.8, 4) is 11.5 Å². The zero-order chi connectivity index (χ0) is 27.5. The molecule has 3 aromatic rings. The first kappa shape index (κ1) is 29.4. The van der Waals surface area contributed by atoms with Crippen LogP contribution in [0.4, 0.5) is 0 Å². The Morgan fingerprint density at radius 2 is 1.71 bits per heavy atom. The molecule has 0 spiro atoms. The average Bonchev–Trinajstić information content (AvgIpc) is 3.34. The predicted octanol–water partition coefficient (Wildman–Crippen LogP) is 5.36. The van der Waals surface area contributed by atoms with Gasteiger partial charge in [0, 0.05) is 28.3 Å². The summed E-state index contributed by atoms with van der Waals surface area (Å²) in [7, 11) is -0.608. The Labute approximate surface area is 230 Å². The number of methoxy groups -OCH3 is 2. The van der Waals surface area contributed by atoms with E-state index in [0.717, 1.165) is 20.9 Å². The first-order chi connectivity index (χ1) is 18.2. The zero-order valence-electron chi connectivity index (χ0n) is 22.4. The minimum Gasteiger partial charge on any atom is -0.493 e. The minimum atomic E-state index is -3.79. The van der Waals surface area contributed by atoms with Crippen LogP contribution in [0.2, 0.25) is 0 Å². The third-order valence-corrected chi connectivity index (χ3v) is 8.49. The number of carbonyl (C=O) groups excluding carboxylic acids is 1. The average molecular weight is 557 g/mol. The van der Waals surface area contributed by atoms with E-state index in [0.29, 0.717) is 37.4 Å². The van der Waals surface area contributed by atoms with Crippen LogP contribution in [0.15, 0.2) is 66.1 Å². The van der Waals surface area contributed by atoms with Crippen LogP contribution >= 0.6 is 11.3 Å². The smallest absolute Gasteiger partial charge is 0.238 e. The molecule has 0 radical (unpaired) electrons. The second-order valence-electron chi connectivity index (χ2n) is 8.86. The molecule has 0 saturated carbocycles. The maximum absolute atomic E-state index is 13.6. The van der Waals surface area contributed by atoms with Gasteiger partial charge in [-0.05, 0) is 61.2 Å².